The summed E-state index contributed by atoms with van der Waals surface area (Å²) in [6.07, 6.45) is 5.20. The van der Waals surface area contributed by atoms with Crippen LogP contribution >= 0.6 is 12.4 Å². The van der Waals surface area contributed by atoms with Crippen molar-refractivity contribution in [3.05, 3.63) is 54.4 Å². The first-order chi connectivity index (χ1) is 13.8. The van der Waals surface area contributed by atoms with Crippen LogP contribution in [0, 0.1) is 0 Å². The summed E-state index contributed by atoms with van der Waals surface area (Å²) >= 11 is 0. The monoisotopic (exact) mass is 419 g/mol. The second-order valence-electron chi connectivity index (χ2n) is 6.95. The van der Waals surface area contributed by atoms with Crippen LogP contribution in [-0.2, 0) is 11.3 Å². The van der Waals surface area contributed by atoms with Crippen LogP contribution in [0.1, 0.15) is 31.4 Å². The minimum absolute atomic E-state index is 0. The molecule has 158 valence electrons. The molecule has 1 unspecified atom stereocenters. The first-order valence-corrected chi connectivity index (χ1v) is 9.93. The maximum absolute atomic E-state index is 13.0. The Hall–Kier alpha value is -2.31. The van der Waals surface area contributed by atoms with Gasteiger partial charge in [-0.25, -0.2) is 0 Å². The van der Waals surface area contributed by atoms with E-state index >= 15 is 0 Å². The fraction of sp³-hybridized carbons (Fsp3) is 0.455. The van der Waals surface area contributed by atoms with Gasteiger partial charge in [-0.2, -0.15) is 0 Å². The zero-order valence-corrected chi connectivity index (χ0v) is 17.7. The Morgan fingerprint density at radius 3 is 2.66 bits per heavy atom. The number of halogens is 1. The third-order valence-electron chi connectivity index (χ3n) is 5.01. The number of hydrogen-bond acceptors (Lipinski definition) is 5. The summed E-state index contributed by atoms with van der Waals surface area (Å²) in [6, 6.07) is 13.5. The van der Waals surface area contributed by atoms with E-state index in [4.69, 9.17) is 9.47 Å². The second kappa shape index (κ2) is 12.3. The van der Waals surface area contributed by atoms with Crippen molar-refractivity contribution in [2.24, 2.45) is 0 Å². The van der Waals surface area contributed by atoms with Crippen LogP contribution in [0.3, 0.4) is 0 Å². The smallest absolute Gasteiger partial charge is 0.226 e. The van der Waals surface area contributed by atoms with Crippen LogP contribution in [-0.4, -0.2) is 48.6 Å². The molecule has 1 aromatic heterocycles. The van der Waals surface area contributed by atoms with Gasteiger partial charge in [-0.05, 0) is 68.8 Å². The Labute approximate surface area is 179 Å². The lowest BCUT2D eigenvalue weighted by atomic mass is 10.1. The molecule has 1 aromatic carbocycles. The Bertz CT molecular complexity index is 720. The molecule has 1 aliphatic rings. The molecule has 3 rings (SSSR count). The third kappa shape index (κ3) is 7.22. The van der Waals surface area contributed by atoms with E-state index in [2.05, 4.69) is 10.3 Å². The number of nitrogens with zero attached hydrogens (tertiary/aromatic N) is 2. The molecule has 29 heavy (non-hydrogen) atoms. The van der Waals surface area contributed by atoms with Crippen LogP contribution in [0.15, 0.2) is 48.7 Å². The van der Waals surface area contributed by atoms with E-state index in [1.54, 1.807) is 13.3 Å². The molecule has 6 nitrogen and oxygen atoms in total. The molecular weight excluding hydrogens is 390 g/mol. The summed E-state index contributed by atoms with van der Waals surface area (Å²) in [7, 11) is 1.63. The summed E-state index contributed by atoms with van der Waals surface area (Å²) in [5.41, 5.74) is 0.920. The molecule has 0 spiro atoms. The Balaban J connectivity index is 0.00000300. The predicted octanol–water partition coefficient (Wildman–Crippen LogP) is 3.45. The fourth-order valence-electron chi connectivity index (χ4n) is 3.47. The maximum atomic E-state index is 13.0. The average molecular weight is 420 g/mol. The first kappa shape index (κ1) is 23.0. The van der Waals surface area contributed by atoms with E-state index in [0.29, 0.717) is 19.6 Å². The van der Waals surface area contributed by atoms with E-state index < -0.39 is 0 Å². The molecule has 0 aliphatic carbocycles. The zero-order valence-electron chi connectivity index (χ0n) is 16.9. The lowest BCUT2D eigenvalue weighted by Crippen LogP contribution is -2.41. The summed E-state index contributed by atoms with van der Waals surface area (Å²) in [6.45, 7) is 2.86. The van der Waals surface area contributed by atoms with Crippen LogP contribution in [0.4, 0.5) is 0 Å². The van der Waals surface area contributed by atoms with Crippen molar-refractivity contribution in [2.45, 2.75) is 38.3 Å². The molecule has 2 aromatic rings. The highest BCUT2D eigenvalue weighted by Gasteiger charge is 2.25. The molecule has 1 amide bonds. The number of nitrogens with one attached hydrogen (secondary N) is 1. The Kier molecular flexibility index (Phi) is 9.74. The molecular formula is C22H30ClN3O3. The summed E-state index contributed by atoms with van der Waals surface area (Å²) in [5.74, 6) is 1.64. The van der Waals surface area contributed by atoms with Gasteiger partial charge in [0.2, 0.25) is 5.91 Å². The number of ether oxygens (including phenoxy) is 2. The van der Waals surface area contributed by atoms with Crippen LogP contribution in [0.25, 0.3) is 0 Å². The van der Waals surface area contributed by atoms with Gasteiger partial charge in [0.15, 0.2) is 0 Å². The van der Waals surface area contributed by atoms with Crippen molar-refractivity contribution in [2.75, 3.05) is 26.8 Å². The zero-order chi connectivity index (χ0) is 19.6. The number of pyridine rings is 1. The highest BCUT2D eigenvalue weighted by molar-refractivity contribution is 5.85. The van der Waals surface area contributed by atoms with E-state index in [1.807, 2.05) is 47.4 Å². The lowest BCUT2D eigenvalue weighted by molar-refractivity contribution is -0.135. The van der Waals surface area contributed by atoms with Gasteiger partial charge >= 0.3 is 0 Å². The van der Waals surface area contributed by atoms with Gasteiger partial charge in [0.25, 0.3) is 0 Å². The SMILES string of the molecule is COc1ccc(OCCC(=O)N(Cc2ccccn2)C2CCCNCC2)cc1.Cl. The number of benzene rings is 1. The minimum Gasteiger partial charge on any atom is -0.497 e. The molecule has 7 heteroatoms. The normalized spacial score (nSPS) is 16.2. The van der Waals surface area contributed by atoms with E-state index in [1.165, 1.54) is 0 Å². The molecule has 0 bridgehead atoms. The number of methoxy groups -OCH3 is 1. The van der Waals surface area contributed by atoms with Gasteiger partial charge in [-0.3, -0.25) is 9.78 Å². The van der Waals surface area contributed by atoms with E-state index in [-0.39, 0.29) is 24.4 Å². The molecule has 0 radical (unpaired) electrons. The Morgan fingerprint density at radius 2 is 1.93 bits per heavy atom. The van der Waals surface area contributed by atoms with E-state index in [9.17, 15) is 4.79 Å². The van der Waals surface area contributed by atoms with Gasteiger partial charge in [0.1, 0.15) is 11.5 Å². The van der Waals surface area contributed by atoms with Gasteiger partial charge in [-0.15, -0.1) is 12.4 Å². The largest absolute Gasteiger partial charge is 0.497 e. The van der Waals surface area contributed by atoms with Gasteiger partial charge in [0.05, 0.1) is 32.4 Å². The lowest BCUT2D eigenvalue weighted by Gasteiger charge is -2.31. The first-order valence-electron chi connectivity index (χ1n) is 9.93. The number of aromatic nitrogens is 1. The van der Waals surface area contributed by atoms with Gasteiger partial charge in [0, 0.05) is 12.2 Å². The number of carbonyl (C=O) groups is 1. The molecule has 2 heterocycles. The Morgan fingerprint density at radius 1 is 1.14 bits per heavy atom. The third-order valence-corrected chi connectivity index (χ3v) is 5.01. The number of rotatable bonds is 8. The van der Waals surface area contributed by atoms with Crippen molar-refractivity contribution in [3.63, 3.8) is 0 Å². The minimum atomic E-state index is 0. The van der Waals surface area contributed by atoms with Gasteiger partial charge in [-0.1, -0.05) is 6.07 Å². The van der Waals surface area contributed by atoms with Gasteiger partial charge < -0.3 is 19.7 Å². The standard InChI is InChI=1S/C22H29N3O3.ClH/c1-27-20-7-9-21(10-8-20)28-16-12-22(26)25(17-18-5-2-3-14-24-18)19-6-4-13-23-15-11-19;/h2-3,5,7-10,14,19,23H,4,6,11-13,15-17H2,1H3;1H. The highest BCUT2D eigenvalue weighted by Crippen LogP contribution is 2.19. The maximum Gasteiger partial charge on any atom is 0.226 e. The quantitative estimate of drug-likeness (QED) is 0.710. The molecule has 1 atom stereocenters. The average Bonchev–Trinajstić information content (AvgIpc) is 3.02. The molecule has 0 saturated carbocycles. The molecule has 1 saturated heterocycles. The highest BCUT2D eigenvalue weighted by atomic mass is 35.5. The van der Waals surface area contributed by atoms with Crippen molar-refractivity contribution < 1.29 is 14.3 Å². The number of amides is 1. The number of carbonyl (C=O) groups excluding carboxylic acids is 1. The van der Waals surface area contributed by atoms with Crippen molar-refractivity contribution >= 4 is 18.3 Å². The van der Waals surface area contributed by atoms with Crippen molar-refractivity contribution in [3.8, 4) is 11.5 Å². The topological polar surface area (TPSA) is 63.7 Å². The predicted molar refractivity (Wildman–Crippen MR) is 116 cm³/mol. The number of hydrogen-bond donors (Lipinski definition) is 1. The van der Waals surface area contributed by atoms with Crippen LogP contribution in [0.2, 0.25) is 0 Å². The van der Waals surface area contributed by atoms with Crippen LogP contribution in [0.5, 0.6) is 11.5 Å². The summed E-state index contributed by atoms with van der Waals surface area (Å²) in [5, 5.41) is 3.42. The molecule has 1 fully saturated rings. The van der Waals surface area contributed by atoms with Crippen molar-refractivity contribution in [1.29, 1.82) is 0 Å². The van der Waals surface area contributed by atoms with Crippen molar-refractivity contribution in [1.82, 2.24) is 15.2 Å². The fourth-order valence-corrected chi connectivity index (χ4v) is 3.47. The summed E-state index contributed by atoms with van der Waals surface area (Å²) < 4.78 is 10.9. The summed E-state index contributed by atoms with van der Waals surface area (Å²) in [4.78, 5) is 19.4. The molecule has 1 aliphatic heterocycles. The second-order valence-corrected chi connectivity index (χ2v) is 6.95. The van der Waals surface area contributed by atoms with Crippen LogP contribution < -0.4 is 14.8 Å². The van der Waals surface area contributed by atoms with E-state index in [0.717, 1.165) is 49.5 Å². The molecule has 1 N–H and O–H groups in total.